The number of hydrogen-bond acceptors (Lipinski definition) is 4. The first-order valence-electron chi connectivity index (χ1n) is 8.49. The summed E-state index contributed by atoms with van der Waals surface area (Å²) < 4.78 is 16.1. The smallest absolute Gasteiger partial charge is 0.322 e. The molecule has 0 aliphatic carbocycles. The maximum Gasteiger partial charge on any atom is 0.322 e. The van der Waals surface area contributed by atoms with Gasteiger partial charge < -0.3 is 24.8 Å². The standard InChI is InChI=1S/C20H26N2O4/c1-13(2)15-6-8-16(9-7-15)26-14(3)21-20(23)22-18-11-10-17(24-4)12-19(18)25-5/h6-14H,1-5H3,(H2,21,22,23). The van der Waals surface area contributed by atoms with Gasteiger partial charge in [-0.1, -0.05) is 26.0 Å². The number of amides is 2. The number of carbonyl (C=O) groups excluding carboxylic acids is 1. The summed E-state index contributed by atoms with van der Waals surface area (Å²) >= 11 is 0. The summed E-state index contributed by atoms with van der Waals surface area (Å²) in [6.07, 6.45) is -0.496. The summed E-state index contributed by atoms with van der Waals surface area (Å²) in [5, 5.41) is 5.48. The number of benzene rings is 2. The highest BCUT2D eigenvalue weighted by Gasteiger charge is 2.12. The topological polar surface area (TPSA) is 68.8 Å². The van der Waals surface area contributed by atoms with Gasteiger partial charge >= 0.3 is 6.03 Å². The Bertz CT molecular complexity index is 729. The van der Waals surface area contributed by atoms with E-state index in [1.165, 1.54) is 12.7 Å². The van der Waals surface area contributed by atoms with Crippen LogP contribution < -0.4 is 24.8 Å². The molecular weight excluding hydrogens is 332 g/mol. The predicted molar refractivity (Wildman–Crippen MR) is 102 cm³/mol. The first kappa shape index (κ1) is 19.4. The largest absolute Gasteiger partial charge is 0.497 e. The van der Waals surface area contributed by atoms with Crippen molar-refractivity contribution in [3.8, 4) is 17.2 Å². The Morgan fingerprint density at radius 1 is 0.923 bits per heavy atom. The second-order valence-electron chi connectivity index (χ2n) is 6.15. The van der Waals surface area contributed by atoms with Crippen LogP contribution in [0, 0.1) is 0 Å². The van der Waals surface area contributed by atoms with Gasteiger partial charge in [-0.3, -0.25) is 0 Å². The average molecular weight is 358 g/mol. The van der Waals surface area contributed by atoms with Crippen molar-refractivity contribution in [3.05, 3.63) is 48.0 Å². The Balaban J connectivity index is 1.92. The predicted octanol–water partition coefficient (Wildman–Crippen LogP) is 4.37. The minimum atomic E-state index is -0.496. The van der Waals surface area contributed by atoms with E-state index in [0.29, 0.717) is 28.9 Å². The molecule has 2 aromatic rings. The number of carbonyl (C=O) groups is 1. The molecule has 0 radical (unpaired) electrons. The number of urea groups is 1. The molecule has 0 saturated heterocycles. The van der Waals surface area contributed by atoms with Crippen LogP contribution in [-0.2, 0) is 0 Å². The first-order valence-corrected chi connectivity index (χ1v) is 8.49. The Morgan fingerprint density at radius 3 is 2.15 bits per heavy atom. The van der Waals surface area contributed by atoms with Crippen LogP contribution in [0.15, 0.2) is 42.5 Å². The SMILES string of the molecule is COc1ccc(NC(=O)NC(C)Oc2ccc(C(C)C)cc2)c(OC)c1. The van der Waals surface area contributed by atoms with Gasteiger partial charge in [-0.2, -0.15) is 0 Å². The lowest BCUT2D eigenvalue weighted by Crippen LogP contribution is -2.39. The van der Waals surface area contributed by atoms with Crippen LogP contribution in [0.1, 0.15) is 32.3 Å². The van der Waals surface area contributed by atoms with E-state index in [2.05, 4.69) is 24.5 Å². The van der Waals surface area contributed by atoms with Crippen LogP contribution in [0.2, 0.25) is 0 Å². The zero-order chi connectivity index (χ0) is 19.1. The van der Waals surface area contributed by atoms with E-state index in [0.717, 1.165) is 0 Å². The molecule has 140 valence electrons. The fourth-order valence-electron chi connectivity index (χ4n) is 2.41. The number of ether oxygens (including phenoxy) is 3. The van der Waals surface area contributed by atoms with Crippen LogP contribution in [0.25, 0.3) is 0 Å². The van der Waals surface area contributed by atoms with Crippen molar-refractivity contribution in [3.63, 3.8) is 0 Å². The molecule has 0 saturated carbocycles. The van der Waals surface area contributed by atoms with Crippen LogP contribution in [-0.4, -0.2) is 26.5 Å². The van der Waals surface area contributed by atoms with Gasteiger partial charge in [0, 0.05) is 6.07 Å². The van der Waals surface area contributed by atoms with E-state index < -0.39 is 6.23 Å². The zero-order valence-corrected chi connectivity index (χ0v) is 15.8. The fraction of sp³-hybridized carbons (Fsp3) is 0.350. The summed E-state index contributed by atoms with van der Waals surface area (Å²) in [7, 11) is 3.10. The van der Waals surface area contributed by atoms with Crippen LogP contribution >= 0.6 is 0 Å². The Hall–Kier alpha value is -2.89. The third-order valence-electron chi connectivity index (χ3n) is 3.85. The van der Waals surface area contributed by atoms with Gasteiger partial charge in [0.1, 0.15) is 17.2 Å². The first-order chi connectivity index (χ1) is 12.4. The lowest BCUT2D eigenvalue weighted by molar-refractivity contribution is 0.183. The molecule has 0 aliphatic heterocycles. The number of methoxy groups -OCH3 is 2. The molecule has 1 unspecified atom stereocenters. The van der Waals surface area contributed by atoms with Crippen molar-refractivity contribution in [2.75, 3.05) is 19.5 Å². The highest BCUT2D eigenvalue weighted by Crippen LogP contribution is 2.28. The minimum Gasteiger partial charge on any atom is -0.497 e. The molecule has 0 aromatic heterocycles. The normalized spacial score (nSPS) is 11.6. The highest BCUT2D eigenvalue weighted by atomic mass is 16.5. The van der Waals surface area contributed by atoms with Crippen LogP contribution in [0.5, 0.6) is 17.2 Å². The summed E-state index contributed by atoms with van der Waals surface area (Å²) in [6.45, 7) is 6.04. The summed E-state index contributed by atoms with van der Waals surface area (Å²) in [6, 6.07) is 12.6. The van der Waals surface area contributed by atoms with Gasteiger partial charge in [0.05, 0.1) is 19.9 Å². The zero-order valence-electron chi connectivity index (χ0n) is 15.8. The average Bonchev–Trinajstić information content (AvgIpc) is 2.62. The fourth-order valence-corrected chi connectivity index (χ4v) is 2.41. The third-order valence-corrected chi connectivity index (χ3v) is 3.85. The lowest BCUT2D eigenvalue weighted by Gasteiger charge is -2.18. The van der Waals surface area contributed by atoms with Gasteiger partial charge in [0.25, 0.3) is 0 Å². The molecular formula is C20H26N2O4. The minimum absolute atomic E-state index is 0.389. The molecule has 0 heterocycles. The molecule has 26 heavy (non-hydrogen) atoms. The molecule has 6 nitrogen and oxygen atoms in total. The maximum absolute atomic E-state index is 12.2. The summed E-state index contributed by atoms with van der Waals surface area (Å²) in [4.78, 5) is 12.2. The van der Waals surface area contributed by atoms with Crippen molar-refractivity contribution in [1.29, 1.82) is 0 Å². The quantitative estimate of drug-likeness (QED) is 0.721. The number of nitrogens with one attached hydrogen (secondary N) is 2. The molecule has 0 fully saturated rings. The van der Waals surface area contributed by atoms with E-state index in [4.69, 9.17) is 14.2 Å². The summed E-state index contributed by atoms with van der Waals surface area (Å²) in [5.74, 6) is 2.32. The van der Waals surface area contributed by atoms with Gasteiger partial charge in [-0.15, -0.1) is 0 Å². The third kappa shape index (κ3) is 5.31. The van der Waals surface area contributed by atoms with Crippen LogP contribution in [0.4, 0.5) is 10.5 Å². The monoisotopic (exact) mass is 358 g/mol. The molecule has 0 spiro atoms. The van der Waals surface area contributed by atoms with E-state index in [1.54, 1.807) is 32.2 Å². The summed E-state index contributed by atoms with van der Waals surface area (Å²) in [5.41, 5.74) is 1.78. The van der Waals surface area contributed by atoms with Crippen molar-refractivity contribution < 1.29 is 19.0 Å². The van der Waals surface area contributed by atoms with Gasteiger partial charge in [0.15, 0.2) is 6.23 Å². The molecule has 6 heteroatoms. The lowest BCUT2D eigenvalue weighted by atomic mass is 10.0. The molecule has 0 aliphatic rings. The van der Waals surface area contributed by atoms with Crippen LogP contribution in [0.3, 0.4) is 0 Å². The molecule has 1 atom stereocenters. The van der Waals surface area contributed by atoms with Crippen molar-refractivity contribution in [2.24, 2.45) is 0 Å². The number of rotatable bonds is 7. The number of anilines is 1. The molecule has 2 aromatic carbocycles. The van der Waals surface area contributed by atoms with E-state index in [-0.39, 0.29) is 6.03 Å². The van der Waals surface area contributed by atoms with E-state index in [9.17, 15) is 4.79 Å². The van der Waals surface area contributed by atoms with Gasteiger partial charge in [-0.05, 0) is 42.7 Å². The molecule has 2 amide bonds. The molecule has 0 bridgehead atoms. The second-order valence-corrected chi connectivity index (χ2v) is 6.15. The Morgan fingerprint density at radius 2 is 1.58 bits per heavy atom. The molecule has 2 N–H and O–H groups in total. The van der Waals surface area contributed by atoms with Crippen molar-refractivity contribution in [1.82, 2.24) is 5.32 Å². The Labute approximate surface area is 154 Å². The van der Waals surface area contributed by atoms with E-state index in [1.807, 2.05) is 24.3 Å². The van der Waals surface area contributed by atoms with Crippen molar-refractivity contribution >= 4 is 11.7 Å². The van der Waals surface area contributed by atoms with E-state index >= 15 is 0 Å². The molecule has 2 rings (SSSR count). The highest BCUT2D eigenvalue weighted by molar-refractivity contribution is 5.91. The second kappa shape index (κ2) is 8.99. The van der Waals surface area contributed by atoms with Gasteiger partial charge in [-0.25, -0.2) is 4.79 Å². The maximum atomic E-state index is 12.2. The number of hydrogen-bond donors (Lipinski definition) is 2. The Kier molecular flexibility index (Phi) is 6.72. The van der Waals surface area contributed by atoms with Crippen molar-refractivity contribution in [2.45, 2.75) is 32.9 Å². The van der Waals surface area contributed by atoms with Gasteiger partial charge in [0.2, 0.25) is 0 Å².